The van der Waals surface area contributed by atoms with Gasteiger partial charge < -0.3 is 0 Å². The number of hydrogen-bond donors (Lipinski definition) is 0. The smallest absolute Gasteiger partial charge is 0.0609 e. The monoisotopic (exact) mass is 150 g/mol. The van der Waals surface area contributed by atoms with Crippen LogP contribution < -0.4 is 0 Å². The van der Waals surface area contributed by atoms with E-state index in [1.807, 2.05) is 0 Å². The van der Waals surface area contributed by atoms with Crippen molar-refractivity contribution < 1.29 is 0 Å². The second kappa shape index (κ2) is 2.10. The Kier molecular flexibility index (Phi) is 1.31. The molecule has 0 radical (unpaired) electrons. The van der Waals surface area contributed by atoms with Crippen LogP contribution in [0, 0.1) is 5.41 Å². The van der Waals surface area contributed by atoms with Crippen molar-refractivity contribution in [2.75, 3.05) is 6.54 Å². The maximum Gasteiger partial charge on any atom is 0.0609 e. The maximum atomic E-state index is 4.37. The van der Waals surface area contributed by atoms with Gasteiger partial charge in [-0.2, -0.15) is 5.10 Å². The lowest BCUT2D eigenvalue weighted by atomic mass is 9.84. The second-order valence-corrected chi connectivity index (χ2v) is 3.91. The molecule has 0 bridgehead atoms. The summed E-state index contributed by atoms with van der Waals surface area (Å²) < 4.78 is 0. The quantitative estimate of drug-likeness (QED) is 0.479. The van der Waals surface area contributed by atoms with Gasteiger partial charge in [-0.15, -0.1) is 0 Å². The first-order chi connectivity index (χ1) is 5.20. The lowest BCUT2D eigenvalue weighted by Crippen LogP contribution is -2.38. The van der Waals surface area contributed by atoms with Crippen molar-refractivity contribution in [1.82, 2.24) is 5.01 Å². The molecule has 0 fully saturated rings. The van der Waals surface area contributed by atoms with Gasteiger partial charge in [0.1, 0.15) is 0 Å². The number of hydrogen-bond acceptors (Lipinski definition) is 2. The van der Waals surface area contributed by atoms with E-state index in [4.69, 9.17) is 0 Å². The van der Waals surface area contributed by atoms with Crippen LogP contribution in [-0.4, -0.2) is 23.8 Å². The van der Waals surface area contributed by atoms with E-state index in [1.165, 1.54) is 0 Å². The summed E-state index contributed by atoms with van der Waals surface area (Å²) in [6, 6.07) is 0.604. The van der Waals surface area contributed by atoms with E-state index in [0.717, 1.165) is 13.0 Å². The van der Waals surface area contributed by atoms with E-state index in [-0.39, 0.29) is 5.41 Å². The second-order valence-electron chi connectivity index (χ2n) is 3.91. The zero-order valence-electron chi connectivity index (χ0n) is 7.12. The number of hydrazone groups is 1. The van der Waals surface area contributed by atoms with E-state index < -0.39 is 0 Å². The van der Waals surface area contributed by atoms with Gasteiger partial charge in [0.25, 0.3) is 0 Å². The van der Waals surface area contributed by atoms with Gasteiger partial charge in [0, 0.05) is 11.6 Å². The van der Waals surface area contributed by atoms with Crippen LogP contribution in [0.4, 0.5) is 0 Å². The Bertz CT molecular complexity index is 216. The lowest BCUT2D eigenvalue weighted by Gasteiger charge is -2.32. The average Bonchev–Trinajstić information content (AvgIpc) is 2.29. The lowest BCUT2D eigenvalue weighted by molar-refractivity contribution is 0.175. The summed E-state index contributed by atoms with van der Waals surface area (Å²) in [7, 11) is 0. The highest BCUT2D eigenvalue weighted by Crippen LogP contribution is 2.33. The molecule has 2 nitrogen and oxygen atoms in total. The first kappa shape index (κ1) is 6.89. The largest absolute Gasteiger partial charge is 0.289 e. The molecule has 0 saturated carbocycles. The molecule has 0 aliphatic carbocycles. The highest BCUT2D eigenvalue weighted by Gasteiger charge is 2.37. The molecule has 2 aliphatic rings. The Morgan fingerprint density at radius 3 is 3.00 bits per heavy atom. The fourth-order valence-electron chi connectivity index (χ4n) is 1.78. The van der Waals surface area contributed by atoms with Crippen molar-refractivity contribution in [3.05, 3.63) is 12.2 Å². The van der Waals surface area contributed by atoms with Crippen molar-refractivity contribution in [3.63, 3.8) is 0 Å². The summed E-state index contributed by atoms with van der Waals surface area (Å²) in [6.07, 6.45) is 7.67. The average molecular weight is 150 g/mol. The molecule has 2 rings (SSSR count). The minimum atomic E-state index is 0.269. The van der Waals surface area contributed by atoms with E-state index in [9.17, 15) is 0 Å². The van der Waals surface area contributed by atoms with E-state index in [2.05, 4.69) is 42.3 Å². The molecule has 0 saturated heterocycles. The fraction of sp³-hybridized carbons (Fsp3) is 0.667. The zero-order valence-corrected chi connectivity index (χ0v) is 7.12. The highest BCUT2D eigenvalue weighted by molar-refractivity contribution is 5.68. The highest BCUT2D eigenvalue weighted by atomic mass is 15.5. The maximum absolute atomic E-state index is 4.37. The van der Waals surface area contributed by atoms with Crippen molar-refractivity contribution in [2.45, 2.75) is 26.3 Å². The van der Waals surface area contributed by atoms with E-state index >= 15 is 0 Å². The van der Waals surface area contributed by atoms with Crippen LogP contribution in [0.1, 0.15) is 20.3 Å². The molecule has 0 unspecified atom stereocenters. The zero-order chi connectivity index (χ0) is 7.90. The molecule has 0 amide bonds. The van der Waals surface area contributed by atoms with Crippen molar-refractivity contribution in [2.24, 2.45) is 10.5 Å². The van der Waals surface area contributed by atoms with Crippen LogP contribution in [0.2, 0.25) is 0 Å². The van der Waals surface area contributed by atoms with Crippen LogP contribution >= 0.6 is 0 Å². The van der Waals surface area contributed by atoms with Crippen molar-refractivity contribution >= 4 is 6.21 Å². The fourth-order valence-corrected chi connectivity index (χ4v) is 1.78. The standard InChI is InChI=1S/C9H14N2/c1-9(2)7-10-11-6-4-3-5-8(9)11/h3-4,7-8H,5-6H2,1-2H3/t8-/m0/s1. The number of fused-ring (bicyclic) bond motifs is 1. The molecular weight excluding hydrogens is 136 g/mol. The van der Waals surface area contributed by atoms with E-state index in [1.54, 1.807) is 0 Å². The van der Waals surface area contributed by atoms with Gasteiger partial charge in [-0.1, -0.05) is 26.0 Å². The Labute approximate surface area is 67.6 Å². The number of rotatable bonds is 0. The molecule has 2 heteroatoms. The predicted molar refractivity (Wildman–Crippen MR) is 46.5 cm³/mol. The normalized spacial score (nSPS) is 32.5. The molecular formula is C9H14N2. The van der Waals surface area contributed by atoms with E-state index in [0.29, 0.717) is 6.04 Å². The van der Waals surface area contributed by atoms with Crippen molar-refractivity contribution in [3.8, 4) is 0 Å². The summed E-state index contributed by atoms with van der Waals surface area (Å²) in [5.74, 6) is 0. The molecule has 1 atom stereocenters. The molecule has 11 heavy (non-hydrogen) atoms. The molecule has 0 aromatic carbocycles. The Morgan fingerprint density at radius 1 is 1.45 bits per heavy atom. The van der Waals surface area contributed by atoms with Gasteiger partial charge in [0.05, 0.1) is 12.6 Å². The molecule has 2 aliphatic heterocycles. The summed E-state index contributed by atoms with van der Waals surface area (Å²) in [4.78, 5) is 0. The first-order valence-electron chi connectivity index (χ1n) is 4.17. The van der Waals surface area contributed by atoms with Crippen LogP contribution in [0.5, 0.6) is 0 Å². The van der Waals surface area contributed by atoms with Crippen molar-refractivity contribution in [1.29, 1.82) is 0 Å². The van der Waals surface area contributed by atoms with Gasteiger partial charge in [-0.3, -0.25) is 5.01 Å². The molecule has 0 N–H and O–H groups in total. The minimum Gasteiger partial charge on any atom is -0.289 e. The van der Waals surface area contributed by atoms with Gasteiger partial charge in [0.2, 0.25) is 0 Å². The van der Waals surface area contributed by atoms with Gasteiger partial charge >= 0.3 is 0 Å². The Hall–Kier alpha value is -0.790. The summed E-state index contributed by atoms with van der Waals surface area (Å²) in [5.41, 5.74) is 0.269. The molecule has 0 aromatic heterocycles. The molecule has 0 aromatic rings. The minimum absolute atomic E-state index is 0.269. The predicted octanol–water partition coefficient (Wildman–Crippen LogP) is 1.64. The first-order valence-corrected chi connectivity index (χ1v) is 4.17. The van der Waals surface area contributed by atoms with Gasteiger partial charge in [0.15, 0.2) is 0 Å². The Balaban J connectivity index is 2.24. The van der Waals surface area contributed by atoms with Gasteiger partial charge in [-0.25, -0.2) is 0 Å². The molecule has 0 spiro atoms. The van der Waals surface area contributed by atoms with Crippen LogP contribution in [-0.2, 0) is 0 Å². The summed E-state index contributed by atoms with van der Waals surface area (Å²) >= 11 is 0. The van der Waals surface area contributed by atoms with Crippen LogP contribution in [0.3, 0.4) is 0 Å². The molecule has 2 heterocycles. The topological polar surface area (TPSA) is 15.6 Å². The van der Waals surface area contributed by atoms with Crippen LogP contribution in [0.25, 0.3) is 0 Å². The van der Waals surface area contributed by atoms with Gasteiger partial charge in [-0.05, 0) is 6.42 Å². The third-order valence-corrected chi connectivity index (χ3v) is 2.58. The molecule has 60 valence electrons. The Morgan fingerprint density at radius 2 is 2.27 bits per heavy atom. The SMILES string of the molecule is CC1(C)C=NN2CC=CC[C@H]21. The van der Waals surface area contributed by atoms with Crippen LogP contribution in [0.15, 0.2) is 17.3 Å². The third-order valence-electron chi connectivity index (χ3n) is 2.58. The summed E-state index contributed by atoms with van der Waals surface area (Å²) in [6.45, 7) is 5.49. The summed E-state index contributed by atoms with van der Waals surface area (Å²) in [5, 5.41) is 6.55. The number of nitrogens with zero attached hydrogens (tertiary/aromatic N) is 2. The third kappa shape index (κ3) is 0.971.